The van der Waals surface area contributed by atoms with Gasteiger partial charge < -0.3 is 28.8 Å². The second kappa shape index (κ2) is 12.2. The zero-order valence-corrected chi connectivity index (χ0v) is 19.8. The molecule has 3 aromatic rings. The van der Waals surface area contributed by atoms with Gasteiger partial charge in [0.2, 0.25) is 5.91 Å². The standard InChI is InChI=1S/C25H25N3O3S.ClH/c1-16-7-5-6-10-18(16)13-23(29)28-22-12-11-19(27-25(31)21(26)15-32)14-20(22)24(30)17-8-3-2-4-9-17;/h2-12,14,21,32H,13,15,26H2,1H3,(H,27,31)(H,28,29);1H/t21-;/m0./s1. The number of thiol groups is 1. The molecule has 0 fully saturated rings. The number of ketones is 1. The van der Waals surface area contributed by atoms with Crippen LogP contribution in [0.3, 0.4) is 0 Å². The lowest BCUT2D eigenvalue weighted by molar-refractivity contribution is -0.395. The van der Waals surface area contributed by atoms with Crippen molar-refractivity contribution in [3.05, 3.63) is 95.1 Å². The van der Waals surface area contributed by atoms with Gasteiger partial charge in [-0.25, -0.2) is 0 Å². The van der Waals surface area contributed by atoms with Crippen molar-refractivity contribution < 1.29 is 32.5 Å². The van der Waals surface area contributed by atoms with Gasteiger partial charge in [0.25, 0.3) is 5.91 Å². The van der Waals surface area contributed by atoms with E-state index in [-0.39, 0.29) is 36.4 Å². The number of hydrogen-bond acceptors (Lipinski definition) is 4. The van der Waals surface area contributed by atoms with Gasteiger partial charge in [-0.3, -0.25) is 14.4 Å². The molecular weight excluding hydrogens is 458 g/mol. The quantitative estimate of drug-likeness (QED) is 0.265. The first-order chi connectivity index (χ1) is 15.4. The molecule has 1 atom stereocenters. The molecule has 0 aliphatic rings. The van der Waals surface area contributed by atoms with Gasteiger partial charge in [0, 0.05) is 16.8 Å². The Kier molecular flexibility index (Phi) is 9.66. The molecule has 0 spiro atoms. The summed E-state index contributed by atoms with van der Waals surface area (Å²) in [6, 6.07) is 20.8. The van der Waals surface area contributed by atoms with Crippen LogP contribution in [0.15, 0.2) is 72.8 Å². The van der Waals surface area contributed by atoms with E-state index in [1.807, 2.05) is 37.3 Å². The first-order valence-corrected chi connectivity index (χ1v) is 10.8. The number of halogens is 1. The zero-order chi connectivity index (χ0) is 23.1. The minimum Gasteiger partial charge on any atom is -1.00 e. The Morgan fingerprint density at radius 1 is 0.939 bits per heavy atom. The summed E-state index contributed by atoms with van der Waals surface area (Å²) in [5, 5.41) is 5.61. The van der Waals surface area contributed by atoms with Crippen LogP contribution < -0.4 is 28.8 Å². The second-order valence-electron chi connectivity index (χ2n) is 7.48. The van der Waals surface area contributed by atoms with Crippen LogP contribution in [0.25, 0.3) is 0 Å². The number of quaternary nitrogens is 1. The molecule has 0 unspecified atom stereocenters. The molecule has 3 rings (SSSR count). The molecule has 33 heavy (non-hydrogen) atoms. The van der Waals surface area contributed by atoms with Crippen LogP contribution in [0.1, 0.15) is 27.0 Å². The first-order valence-electron chi connectivity index (χ1n) is 10.2. The maximum atomic E-state index is 13.2. The van der Waals surface area contributed by atoms with Crippen molar-refractivity contribution in [3.8, 4) is 0 Å². The molecule has 0 saturated carbocycles. The number of carbonyl (C=O) groups excluding carboxylic acids is 3. The summed E-state index contributed by atoms with van der Waals surface area (Å²) < 4.78 is 0. The van der Waals surface area contributed by atoms with Crippen LogP contribution in [0.4, 0.5) is 11.4 Å². The van der Waals surface area contributed by atoms with Crippen molar-refractivity contribution in [2.45, 2.75) is 19.4 Å². The second-order valence-corrected chi connectivity index (χ2v) is 7.84. The Balaban J connectivity index is 0.00000385. The highest BCUT2D eigenvalue weighted by Crippen LogP contribution is 2.24. The SMILES string of the molecule is Cc1ccccc1CC(=O)Nc1ccc(NC(=O)[C@@H]([NH3+])CS)cc1C(=O)c1ccccc1.[Cl-]. The van der Waals surface area contributed by atoms with Crippen molar-refractivity contribution in [2.75, 3.05) is 16.4 Å². The van der Waals surface area contributed by atoms with Gasteiger partial charge in [0.15, 0.2) is 11.8 Å². The number of hydrogen-bond donors (Lipinski definition) is 4. The van der Waals surface area contributed by atoms with Gasteiger partial charge in [-0.2, -0.15) is 12.6 Å². The molecule has 2 amide bonds. The number of aryl methyl sites for hydroxylation is 1. The van der Waals surface area contributed by atoms with Crippen LogP contribution in [-0.2, 0) is 16.0 Å². The minimum absolute atomic E-state index is 0. The lowest BCUT2D eigenvalue weighted by Gasteiger charge is -2.14. The molecule has 0 radical (unpaired) electrons. The predicted octanol–water partition coefficient (Wildman–Crippen LogP) is -0.110. The Hall–Kier alpha value is -3.13. The number of carbonyl (C=O) groups is 3. The third-order valence-electron chi connectivity index (χ3n) is 5.05. The highest BCUT2D eigenvalue weighted by Gasteiger charge is 2.19. The molecule has 8 heteroatoms. The summed E-state index contributed by atoms with van der Waals surface area (Å²) in [4.78, 5) is 38.1. The summed E-state index contributed by atoms with van der Waals surface area (Å²) in [6.45, 7) is 1.95. The van der Waals surface area contributed by atoms with Crippen molar-refractivity contribution in [1.29, 1.82) is 0 Å². The normalized spacial score (nSPS) is 11.1. The minimum atomic E-state index is -0.528. The van der Waals surface area contributed by atoms with Crippen LogP contribution in [0.5, 0.6) is 0 Å². The Bertz CT molecular complexity index is 1140. The van der Waals surface area contributed by atoms with E-state index in [1.165, 1.54) is 0 Å². The Labute approximate surface area is 204 Å². The van der Waals surface area contributed by atoms with E-state index < -0.39 is 6.04 Å². The molecule has 0 saturated heterocycles. The Morgan fingerprint density at radius 2 is 1.61 bits per heavy atom. The smallest absolute Gasteiger partial charge is 0.283 e. The maximum Gasteiger partial charge on any atom is 0.283 e. The molecule has 172 valence electrons. The van der Waals surface area contributed by atoms with Crippen LogP contribution in [0, 0.1) is 6.92 Å². The Morgan fingerprint density at radius 3 is 2.27 bits per heavy atom. The number of rotatable bonds is 8. The van der Waals surface area contributed by atoms with E-state index in [1.54, 1.807) is 42.5 Å². The van der Waals surface area contributed by atoms with Gasteiger partial charge in [0.1, 0.15) is 0 Å². The summed E-state index contributed by atoms with van der Waals surface area (Å²) >= 11 is 4.10. The van der Waals surface area contributed by atoms with Gasteiger partial charge in [-0.05, 0) is 36.2 Å². The number of benzene rings is 3. The molecular formula is C25H26ClN3O3S. The molecule has 0 aliphatic heterocycles. The summed E-state index contributed by atoms with van der Waals surface area (Å²) in [6.07, 6.45) is 0.190. The van der Waals surface area contributed by atoms with Gasteiger partial charge >= 0.3 is 0 Å². The number of nitrogens with one attached hydrogen (secondary N) is 2. The summed E-state index contributed by atoms with van der Waals surface area (Å²) in [7, 11) is 0. The van der Waals surface area contributed by atoms with Crippen molar-refractivity contribution >= 4 is 41.6 Å². The average Bonchev–Trinajstić information content (AvgIpc) is 2.81. The highest BCUT2D eigenvalue weighted by molar-refractivity contribution is 7.80. The van der Waals surface area contributed by atoms with E-state index in [0.717, 1.165) is 11.1 Å². The van der Waals surface area contributed by atoms with E-state index in [2.05, 4.69) is 29.0 Å². The molecule has 0 heterocycles. The fourth-order valence-corrected chi connectivity index (χ4v) is 3.33. The topological polar surface area (TPSA) is 103 Å². The molecule has 0 aliphatic carbocycles. The van der Waals surface area contributed by atoms with Crippen LogP contribution in [0.2, 0.25) is 0 Å². The first kappa shape index (κ1) is 26.1. The lowest BCUT2D eigenvalue weighted by atomic mass is 10.00. The van der Waals surface area contributed by atoms with Crippen LogP contribution in [-0.4, -0.2) is 29.4 Å². The van der Waals surface area contributed by atoms with E-state index >= 15 is 0 Å². The number of anilines is 2. The van der Waals surface area contributed by atoms with Gasteiger partial charge in [-0.1, -0.05) is 54.6 Å². The van der Waals surface area contributed by atoms with Crippen molar-refractivity contribution in [1.82, 2.24) is 0 Å². The molecule has 0 aromatic heterocycles. The fraction of sp³-hybridized carbons (Fsp3) is 0.160. The average molecular weight is 484 g/mol. The van der Waals surface area contributed by atoms with E-state index in [4.69, 9.17) is 0 Å². The monoisotopic (exact) mass is 483 g/mol. The third kappa shape index (κ3) is 6.92. The zero-order valence-electron chi connectivity index (χ0n) is 18.2. The van der Waals surface area contributed by atoms with Crippen molar-refractivity contribution in [3.63, 3.8) is 0 Å². The maximum absolute atomic E-state index is 13.2. The predicted molar refractivity (Wildman–Crippen MR) is 129 cm³/mol. The van der Waals surface area contributed by atoms with Crippen LogP contribution >= 0.6 is 12.6 Å². The summed E-state index contributed by atoms with van der Waals surface area (Å²) in [5.74, 6) is -0.483. The molecule has 5 N–H and O–H groups in total. The van der Waals surface area contributed by atoms with Crippen molar-refractivity contribution in [2.24, 2.45) is 0 Å². The lowest BCUT2D eigenvalue weighted by Crippen LogP contribution is -3.00. The van der Waals surface area contributed by atoms with E-state index in [9.17, 15) is 14.4 Å². The molecule has 6 nitrogen and oxygen atoms in total. The number of amides is 2. The molecule has 3 aromatic carbocycles. The molecule has 0 bridgehead atoms. The summed E-state index contributed by atoms with van der Waals surface area (Å²) in [5.41, 5.74) is 7.29. The third-order valence-corrected chi connectivity index (χ3v) is 5.49. The highest BCUT2D eigenvalue weighted by atomic mass is 35.5. The van der Waals surface area contributed by atoms with Gasteiger partial charge in [-0.15, -0.1) is 0 Å². The van der Waals surface area contributed by atoms with Gasteiger partial charge in [0.05, 0.1) is 17.9 Å². The fourth-order valence-electron chi connectivity index (χ4n) is 3.17. The van der Waals surface area contributed by atoms with E-state index in [0.29, 0.717) is 28.3 Å². The largest absolute Gasteiger partial charge is 1.00 e.